The second-order valence-corrected chi connectivity index (χ2v) is 6.29. The number of hydrogen-bond donors (Lipinski definition) is 1. The van der Waals surface area contributed by atoms with Crippen molar-refractivity contribution >= 4 is 28.1 Å². The highest BCUT2D eigenvalue weighted by molar-refractivity contribution is 7.15. The SMILES string of the molecule is COCc1nc(N(C)C(C)c2ccc(Cl)cc2)sc1CO. The van der Waals surface area contributed by atoms with E-state index < -0.39 is 0 Å². The third kappa shape index (κ3) is 3.74. The molecule has 2 aromatic rings. The van der Waals surface area contributed by atoms with Crippen molar-refractivity contribution in [3.63, 3.8) is 0 Å². The molecule has 21 heavy (non-hydrogen) atoms. The average Bonchev–Trinajstić information content (AvgIpc) is 2.90. The Balaban J connectivity index is 2.22. The molecule has 114 valence electrons. The molecule has 1 unspecified atom stereocenters. The lowest BCUT2D eigenvalue weighted by molar-refractivity contribution is 0.179. The Kier molecular flexibility index (Phi) is 5.58. The van der Waals surface area contributed by atoms with Crippen molar-refractivity contribution < 1.29 is 9.84 Å². The summed E-state index contributed by atoms with van der Waals surface area (Å²) >= 11 is 7.42. The molecule has 4 nitrogen and oxygen atoms in total. The minimum absolute atomic E-state index is 0.0144. The number of anilines is 1. The first-order valence-electron chi connectivity index (χ1n) is 6.63. The van der Waals surface area contributed by atoms with Gasteiger partial charge in [0, 0.05) is 19.2 Å². The Morgan fingerprint density at radius 1 is 1.38 bits per heavy atom. The van der Waals surface area contributed by atoms with Gasteiger partial charge in [-0.1, -0.05) is 35.1 Å². The quantitative estimate of drug-likeness (QED) is 0.880. The number of rotatable bonds is 6. The Labute approximate surface area is 134 Å². The van der Waals surface area contributed by atoms with Crippen LogP contribution in [-0.2, 0) is 18.0 Å². The van der Waals surface area contributed by atoms with Gasteiger partial charge in [0.25, 0.3) is 0 Å². The third-order valence-electron chi connectivity index (χ3n) is 3.43. The molecule has 0 aliphatic rings. The predicted molar refractivity (Wildman–Crippen MR) is 87.0 cm³/mol. The average molecular weight is 327 g/mol. The maximum Gasteiger partial charge on any atom is 0.186 e. The van der Waals surface area contributed by atoms with Crippen molar-refractivity contribution in [2.45, 2.75) is 26.2 Å². The lowest BCUT2D eigenvalue weighted by Gasteiger charge is -2.24. The molecule has 0 spiro atoms. The highest BCUT2D eigenvalue weighted by Crippen LogP contribution is 2.32. The van der Waals surface area contributed by atoms with Crippen LogP contribution in [-0.4, -0.2) is 24.2 Å². The summed E-state index contributed by atoms with van der Waals surface area (Å²) in [5.74, 6) is 0. The fourth-order valence-electron chi connectivity index (χ4n) is 2.02. The molecule has 1 aromatic carbocycles. The van der Waals surface area contributed by atoms with E-state index >= 15 is 0 Å². The number of aromatic nitrogens is 1. The molecular formula is C15H19ClN2O2S. The molecule has 0 saturated heterocycles. The molecule has 0 amide bonds. The zero-order valence-corrected chi connectivity index (χ0v) is 13.9. The van der Waals surface area contributed by atoms with E-state index in [1.54, 1.807) is 7.11 Å². The number of benzene rings is 1. The van der Waals surface area contributed by atoms with Crippen molar-refractivity contribution in [2.24, 2.45) is 0 Å². The number of aliphatic hydroxyl groups excluding tert-OH is 1. The van der Waals surface area contributed by atoms with Gasteiger partial charge in [-0.15, -0.1) is 0 Å². The van der Waals surface area contributed by atoms with Crippen LogP contribution in [0.2, 0.25) is 5.02 Å². The van der Waals surface area contributed by atoms with Crippen LogP contribution in [0.15, 0.2) is 24.3 Å². The Bertz CT molecular complexity index is 586. The first-order valence-corrected chi connectivity index (χ1v) is 7.83. The van der Waals surface area contributed by atoms with Gasteiger partial charge in [0.05, 0.1) is 29.8 Å². The van der Waals surface area contributed by atoms with Gasteiger partial charge in [-0.05, 0) is 24.6 Å². The fraction of sp³-hybridized carbons (Fsp3) is 0.400. The first kappa shape index (κ1) is 16.2. The van der Waals surface area contributed by atoms with E-state index in [1.807, 2.05) is 31.3 Å². The molecule has 1 heterocycles. The van der Waals surface area contributed by atoms with Gasteiger partial charge >= 0.3 is 0 Å². The second kappa shape index (κ2) is 7.22. The van der Waals surface area contributed by atoms with Crippen LogP contribution >= 0.6 is 22.9 Å². The van der Waals surface area contributed by atoms with Crippen LogP contribution in [0.1, 0.15) is 29.1 Å². The van der Waals surface area contributed by atoms with Gasteiger partial charge in [-0.25, -0.2) is 4.98 Å². The van der Waals surface area contributed by atoms with Crippen LogP contribution in [0.4, 0.5) is 5.13 Å². The maximum absolute atomic E-state index is 9.41. The topological polar surface area (TPSA) is 45.6 Å². The largest absolute Gasteiger partial charge is 0.391 e. The molecule has 0 fully saturated rings. The summed E-state index contributed by atoms with van der Waals surface area (Å²) in [6.07, 6.45) is 0. The van der Waals surface area contributed by atoms with Crippen LogP contribution in [0.3, 0.4) is 0 Å². The third-order valence-corrected chi connectivity index (χ3v) is 4.85. The summed E-state index contributed by atoms with van der Waals surface area (Å²) in [7, 11) is 3.62. The summed E-state index contributed by atoms with van der Waals surface area (Å²) < 4.78 is 5.12. The highest BCUT2D eigenvalue weighted by Gasteiger charge is 2.18. The lowest BCUT2D eigenvalue weighted by Crippen LogP contribution is -2.21. The molecular weight excluding hydrogens is 308 g/mol. The number of hydrogen-bond acceptors (Lipinski definition) is 5. The van der Waals surface area contributed by atoms with E-state index in [2.05, 4.69) is 16.8 Å². The Morgan fingerprint density at radius 2 is 2.05 bits per heavy atom. The van der Waals surface area contributed by atoms with Gasteiger partial charge in [-0.2, -0.15) is 0 Å². The molecule has 0 aliphatic carbocycles. The van der Waals surface area contributed by atoms with Gasteiger partial charge in [0.2, 0.25) is 0 Å². The van der Waals surface area contributed by atoms with Crippen molar-refractivity contribution in [1.82, 2.24) is 4.98 Å². The first-order chi connectivity index (χ1) is 10.1. The number of ether oxygens (including phenoxy) is 1. The molecule has 0 aliphatic heterocycles. The van der Waals surface area contributed by atoms with Crippen LogP contribution < -0.4 is 4.90 Å². The van der Waals surface area contributed by atoms with Gasteiger partial charge < -0.3 is 14.7 Å². The minimum atomic E-state index is -0.0144. The standard InChI is InChI=1S/C15H19ClN2O2S/c1-10(11-4-6-12(16)7-5-11)18(2)15-17-13(9-20-3)14(8-19)21-15/h4-7,10,19H,8-9H2,1-3H3. The van der Waals surface area contributed by atoms with Gasteiger partial charge in [0.15, 0.2) is 5.13 Å². The van der Waals surface area contributed by atoms with Crippen LogP contribution in [0, 0.1) is 0 Å². The van der Waals surface area contributed by atoms with E-state index in [4.69, 9.17) is 16.3 Å². The van der Waals surface area contributed by atoms with E-state index in [0.717, 1.165) is 26.3 Å². The highest BCUT2D eigenvalue weighted by atomic mass is 35.5. The maximum atomic E-state index is 9.41. The molecule has 0 radical (unpaired) electrons. The molecule has 1 aromatic heterocycles. The number of methoxy groups -OCH3 is 1. The monoisotopic (exact) mass is 326 g/mol. The number of nitrogens with zero attached hydrogens (tertiary/aromatic N) is 2. The fourth-order valence-corrected chi connectivity index (χ4v) is 3.12. The normalized spacial score (nSPS) is 12.4. The summed E-state index contributed by atoms with van der Waals surface area (Å²) in [5, 5.41) is 11.0. The van der Waals surface area contributed by atoms with Crippen molar-refractivity contribution in [3.8, 4) is 0 Å². The van der Waals surface area contributed by atoms with Gasteiger partial charge in [-0.3, -0.25) is 0 Å². The molecule has 2 rings (SSSR count). The molecule has 1 N–H and O–H groups in total. The predicted octanol–water partition coefficient (Wildman–Crippen LogP) is 3.63. The number of aliphatic hydroxyl groups is 1. The van der Waals surface area contributed by atoms with E-state index in [1.165, 1.54) is 11.3 Å². The molecule has 0 saturated carbocycles. The summed E-state index contributed by atoms with van der Waals surface area (Å²) in [5.41, 5.74) is 1.96. The Morgan fingerprint density at radius 3 is 2.62 bits per heavy atom. The molecule has 1 atom stereocenters. The summed E-state index contributed by atoms with van der Waals surface area (Å²) in [4.78, 5) is 7.51. The zero-order valence-electron chi connectivity index (χ0n) is 12.3. The zero-order chi connectivity index (χ0) is 15.4. The van der Waals surface area contributed by atoms with Crippen molar-refractivity contribution in [2.75, 3.05) is 19.1 Å². The Hall–Kier alpha value is -1.14. The van der Waals surface area contributed by atoms with Crippen LogP contribution in [0.25, 0.3) is 0 Å². The lowest BCUT2D eigenvalue weighted by atomic mass is 10.1. The van der Waals surface area contributed by atoms with E-state index in [-0.39, 0.29) is 12.6 Å². The van der Waals surface area contributed by atoms with Crippen molar-refractivity contribution in [3.05, 3.63) is 45.4 Å². The summed E-state index contributed by atoms with van der Waals surface area (Å²) in [6.45, 7) is 2.51. The molecule has 6 heteroatoms. The van der Waals surface area contributed by atoms with Crippen LogP contribution in [0.5, 0.6) is 0 Å². The molecule has 0 bridgehead atoms. The minimum Gasteiger partial charge on any atom is -0.391 e. The smallest absolute Gasteiger partial charge is 0.186 e. The number of halogens is 1. The van der Waals surface area contributed by atoms with Crippen molar-refractivity contribution in [1.29, 1.82) is 0 Å². The summed E-state index contributed by atoms with van der Waals surface area (Å²) in [6, 6.07) is 7.97. The van der Waals surface area contributed by atoms with E-state index in [0.29, 0.717) is 6.61 Å². The van der Waals surface area contributed by atoms with E-state index in [9.17, 15) is 5.11 Å². The second-order valence-electron chi connectivity index (χ2n) is 4.80. The number of thiazole rings is 1. The van der Waals surface area contributed by atoms with Gasteiger partial charge in [0.1, 0.15) is 0 Å².